The molecule has 0 amide bonds. The number of H-pyrrole nitrogens is 1. The van der Waals surface area contributed by atoms with E-state index in [1.54, 1.807) is 17.7 Å². The number of fused-ring (bicyclic) bond motifs is 1. The van der Waals surface area contributed by atoms with Crippen LogP contribution in [0.25, 0.3) is 21.6 Å². The summed E-state index contributed by atoms with van der Waals surface area (Å²) >= 11 is 1.63. The van der Waals surface area contributed by atoms with Crippen molar-refractivity contribution in [2.45, 2.75) is 32.6 Å². The van der Waals surface area contributed by atoms with Gasteiger partial charge in [-0.2, -0.15) is 5.26 Å². The molecular formula is C16H17N5S. The minimum Gasteiger partial charge on any atom is -0.346 e. The van der Waals surface area contributed by atoms with Crippen molar-refractivity contribution in [2.24, 2.45) is 5.92 Å². The summed E-state index contributed by atoms with van der Waals surface area (Å²) in [6, 6.07) is 4.34. The van der Waals surface area contributed by atoms with Gasteiger partial charge in [0.2, 0.25) is 0 Å². The molecule has 0 aliphatic rings. The highest BCUT2D eigenvalue weighted by atomic mass is 32.1. The quantitative estimate of drug-likeness (QED) is 0.768. The number of hydrogen-bond donors (Lipinski definition) is 1. The van der Waals surface area contributed by atoms with E-state index in [1.165, 1.54) is 0 Å². The van der Waals surface area contributed by atoms with E-state index in [0.717, 1.165) is 39.5 Å². The second kappa shape index (κ2) is 6.24. The topological polar surface area (TPSA) is 78.2 Å². The number of nitrogens with zero attached hydrogens (tertiary/aromatic N) is 4. The zero-order valence-electron chi connectivity index (χ0n) is 12.6. The van der Waals surface area contributed by atoms with Crippen LogP contribution in [-0.4, -0.2) is 19.9 Å². The Balaban J connectivity index is 2.00. The maximum absolute atomic E-state index is 9.23. The lowest BCUT2D eigenvalue weighted by atomic mass is 9.92. The molecule has 2 atom stereocenters. The molecule has 0 bridgehead atoms. The summed E-state index contributed by atoms with van der Waals surface area (Å²) in [6.07, 6.45) is 7.31. The molecule has 5 nitrogen and oxygen atoms in total. The summed E-state index contributed by atoms with van der Waals surface area (Å²) in [5, 5.41) is 11.3. The van der Waals surface area contributed by atoms with Crippen molar-refractivity contribution in [3.05, 3.63) is 29.8 Å². The molecule has 112 valence electrons. The fourth-order valence-electron chi connectivity index (χ4n) is 2.63. The van der Waals surface area contributed by atoms with E-state index in [-0.39, 0.29) is 11.8 Å². The second-order valence-electron chi connectivity index (χ2n) is 5.34. The molecule has 0 fully saturated rings. The van der Waals surface area contributed by atoms with E-state index in [4.69, 9.17) is 0 Å². The average Bonchev–Trinajstić information content (AvgIpc) is 3.20. The largest absolute Gasteiger partial charge is 0.346 e. The molecule has 22 heavy (non-hydrogen) atoms. The molecule has 0 saturated heterocycles. The Morgan fingerprint density at radius 2 is 2.23 bits per heavy atom. The lowest BCUT2D eigenvalue weighted by molar-refractivity contribution is 0.510. The Kier molecular flexibility index (Phi) is 4.16. The summed E-state index contributed by atoms with van der Waals surface area (Å²) in [4.78, 5) is 17.3. The van der Waals surface area contributed by atoms with Crippen molar-refractivity contribution >= 4 is 22.4 Å². The maximum Gasteiger partial charge on any atom is 0.141 e. The number of nitriles is 1. The molecule has 6 heteroatoms. The number of nitrogens with one attached hydrogen (secondary N) is 1. The van der Waals surface area contributed by atoms with Crippen LogP contribution in [-0.2, 0) is 0 Å². The van der Waals surface area contributed by atoms with Gasteiger partial charge in [0.1, 0.15) is 12.0 Å². The van der Waals surface area contributed by atoms with Gasteiger partial charge >= 0.3 is 0 Å². The molecule has 0 aromatic carbocycles. The third-order valence-electron chi connectivity index (χ3n) is 3.83. The standard InChI is InChI=1S/C16H17N5S/c1-3-4-11(10(2)7-17)16-19-8-13(22-16)14-12-5-6-18-15(12)21-9-20-14/h5-6,8-11H,3-4H2,1-2H3,(H,18,20,21). The number of rotatable bonds is 5. The molecular weight excluding hydrogens is 294 g/mol. The van der Waals surface area contributed by atoms with Crippen LogP contribution in [0.1, 0.15) is 37.6 Å². The van der Waals surface area contributed by atoms with Gasteiger partial charge in [-0.05, 0) is 19.4 Å². The van der Waals surface area contributed by atoms with Crippen molar-refractivity contribution in [1.82, 2.24) is 19.9 Å². The normalized spacial score (nSPS) is 13.9. The van der Waals surface area contributed by atoms with E-state index >= 15 is 0 Å². The monoisotopic (exact) mass is 311 g/mol. The Hall–Kier alpha value is -2.26. The Labute approximate surface area is 133 Å². The van der Waals surface area contributed by atoms with E-state index < -0.39 is 0 Å². The number of aromatic nitrogens is 4. The van der Waals surface area contributed by atoms with Crippen molar-refractivity contribution in [3.63, 3.8) is 0 Å². The molecule has 3 aromatic rings. The molecule has 0 radical (unpaired) electrons. The van der Waals surface area contributed by atoms with Crippen molar-refractivity contribution in [2.75, 3.05) is 0 Å². The SMILES string of the molecule is CCCC(c1ncc(-c2ncnc3[nH]ccc23)s1)C(C)C#N. The Bertz CT molecular complexity index is 813. The molecule has 3 rings (SSSR count). The molecule has 0 aliphatic carbocycles. The lowest BCUT2D eigenvalue weighted by Gasteiger charge is -2.14. The van der Waals surface area contributed by atoms with E-state index in [0.29, 0.717) is 0 Å². The van der Waals surface area contributed by atoms with Crippen LogP contribution in [0.3, 0.4) is 0 Å². The van der Waals surface area contributed by atoms with Gasteiger partial charge in [0, 0.05) is 23.7 Å². The minimum atomic E-state index is -0.0309. The van der Waals surface area contributed by atoms with Crippen LogP contribution in [0.4, 0.5) is 0 Å². The summed E-state index contributed by atoms with van der Waals surface area (Å²) in [5.74, 6) is 0.161. The van der Waals surface area contributed by atoms with Gasteiger partial charge in [0.25, 0.3) is 0 Å². The van der Waals surface area contributed by atoms with E-state index in [2.05, 4.69) is 32.9 Å². The van der Waals surface area contributed by atoms with Gasteiger partial charge in [-0.3, -0.25) is 0 Å². The van der Waals surface area contributed by atoms with E-state index in [1.807, 2.05) is 25.4 Å². The van der Waals surface area contributed by atoms with Crippen LogP contribution >= 0.6 is 11.3 Å². The third-order valence-corrected chi connectivity index (χ3v) is 4.97. The highest BCUT2D eigenvalue weighted by molar-refractivity contribution is 7.15. The van der Waals surface area contributed by atoms with Crippen LogP contribution in [0.2, 0.25) is 0 Å². The zero-order chi connectivity index (χ0) is 15.5. The highest BCUT2D eigenvalue weighted by Crippen LogP contribution is 2.36. The molecule has 1 N–H and O–H groups in total. The van der Waals surface area contributed by atoms with Gasteiger partial charge in [-0.1, -0.05) is 13.3 Å². The Morgan fingerprint density at radius 1 is 1.36 bits per heavy atom. The van der Waals surface area contributed by atoms with Crippen molar-refractivity contribution in [3.8, 4) is 16.6 Å². The summed E-state index contributed by atoms with van der Waals surface area (Å²) in [7, 11) is 0. The average molecular weight is 311 g/mol. The first-order valence-corrected chi connectivity index (χ1v) is 8.20. The lowest BCUT2D eigenvalue weighted by Crippen LogP contribution is -2.07. The van der Waals surface area contributed by atoms with Gasteiger partial charge in [-0.15, -0.1) is 11.3 Å². The molecule has 0 aliphatic heterocycles. The fourth-order valence-corrected chi connectivity index (χ4v) is 3.79. The highest BCUT2D eigenvalue weighted by Gasteiger charge is 2.22. The van der Waals surface area contributed by atoms with Crippen molar-refractivity contribution in [1.29, 1.82) is 5.26 Å². The van der Waals surface area contributed by atoms with Gasteiger partial charge in [0.15, 0.2) is 0 Å². The summed E-state index contributed by atoms with van der Waals surface area (Å²) in [5.41, 5.74) is 1.73. The second-order valence-corrected chi connectivity index (χ2v) is 6.40. The number of aromatic amines is 1. The van der Waals surface area contributed by atoms with Crippen molar-refractivity contribution < 1.29 is 0 Å². The smallest absolute Gasteiger partial charge is 0.141 e. The minimum absolute atomic E-state index is 0.0309. The first-order valence-electron chi connectivity index (χ1n) is 7.38. The van der Waals surface area contributed by atoms with Gasteiger partial charge in [-0.25, -0.2) is 15.0 Å². The van der Waals surface area contributed by atoms with Crippen LogP contribution in [0.5, 0.6) is 0 Å². The van der Waals surface area contributed by atoms with E-state index in [9.17, 15) is 5.26 Å². The molecule has 3 heterocycles. The summed E-state index contributed by atoms with van der Waals surface area (Å²) < 4.78 is 0. The molecule has 0 saturated carbocycles. The Morgan fingerprint density at radius 3 is 3.00 bits per heavy atom. The first-order chi connectivity index (χ1) is 10.7. The maximum atomic E-state index is 9.23. The summed E-state index contributed by atoms with van der Waals surface area (Å²) in [6.45, 7) is 4.11. The van der Waals surface area contributed by atoms with Crippen LogP contribution < -0.4 is 0 Å². The first kappa shape index (κ1) is 14.7. The molecule has 0 spiro atoms. The molecule has 3 aromatic heterocycles. The number of thiazole rings is 1. The fraction of sp³-hybridized carbons (Fsp3) is 0.375. The van der Waals surface area contributed by atoms with Gasteiger partial charge in [0.05, 0.1) is 27.6 Å². The number of hydrogen-bond acceptors (Lipinski definition) is 5. The van der Waals surface area contributed by atoms with Crippen LogP contribution in [0, 0.1) is 17.2 Å². The molecule has 2 unspecified atom stereocenters. The predicted molar refractivity (Wildman–Crippen MR) is 87.4 cm³/mol. The zero-order valence-corrected chi connectivity index (χ0v) is 13.4. The van der Waals surface area contributed by atoms with Crippen LogP contribution in [0.15, 0.2) is 24.8 Å². The van der Waals surface area contributed by atoms with Gasteiger partial charge < -0.3 is 4.98 Å². The predicted octanol–water partition coefficient (Wildman–Crippen LogP) is 4.12. The third kappa shape index (κ3) is 2.60.